The van der Waals surface area contributed by atoms with Gasteiger partial charge in [0.15, 0.2) is 0 Å². The zero-order chi connectivity index (χ0) is 14.8. The van der Waals surface area contributed by atoms with Crippen molar-refractivity contribution < 1.29 is 14.7 Å². The van der Waals surface area contributed by atoms with Gasteiger partial charge in [-0.2, -0.15) is 0 Å². The maximum absolute atomic E-state index is 12.8. The minimum Gasteiger partial charge on any atom is -0.481 e. The van der Waals surface area contributed by atoms with Crippen LogP contribution in [0.25, 0.3) is 0 Å². The van der Waals surface area contributed by atoms with Gasteiger partial charge >= 0.3 is 12.0 Å². The number of rotatable bonds is 2. The summed E-state index contributed by atoms with van der Waals surface area (Å²) in [4.78, 5) is 27.6. The second-order valence-electron chi connectivity index (χ2n) is 6.93. The number of hydrogen-bond acceptors (Lipinski definition) is 2. The third-order valence-corrected chi connectivity index (χ3v) is 5.51. The summed E-state index contributed by atoms with van der Waals surface area (Å²) in [5.41, 5.74) is 0. The Kier molecular flexibility index (Phi) is 4.36. The number of carboxylic acid groups (broad SMARTS) is 1. The molecule has 3 aliphatic rings. The van der Waals surface area contributed by atoms with Crippen molar-refractivity contribution in [2.24, 2.45) is 11.8 Å². The SMILES string of the molecule is O=C(O)CC1CCN(C(=O)N2CCC[C@H]3CCCC[C@H]32)C1. The van der Waals surface area contributed by atoms with E-state index in [0.717, 1.165) is 32.4 Å². The van der Waals surface area contributed by atoms with Crippen LogP contribution in [0.4, 0.5) is 4.79 Å². The monoisotopic (exact) mass is 294 g/mol. The van der Waals surface area contributed by atoms with E-state index in [2.05, 4.69) is 4.90 Å². The van der Waals surface area contributed by atoms with Gasteiger partial charge in [0.1, 0.15) is 0 Å². The number of urea groups is 1. The van der Waals surface area contributed by atoms with Gasteiger partial charge in [-0.1, -0.05) is 12.8 Å². The smallest absolute Gasteiger partial charge is 0.320 e. The Balaban J connectivity index is 1.60. The fourth-order valence-corrected chi connectivity index (χ4v) is 4.46. The number of carbonyl (C=O) groups excluding carboxylic acids is 1. The zero-order valence-electron chi connectivity index (χ0n) is 12.7. The molecule has 2 amide bonds. The van der Waals surface area contributed by atoms with Gasteiger partial charge in [-0.05, 0) is 43.9 Å². The second kappa shape index (κ2) is 6.24. The zero-order valence-corrected chi connectivity index (χ0v) is 12.7. The molecule has 5 heteroatoms. The molecule has 0 aromatic rings. The number of fused-ring (bicyclic) bond motifs is 1. The number of piperidine rings is 1. The summed E-state index contributed by atoms with van der Waals surface area (Å²) in [6, 6.07) is 0.609. The quantitative estimate of drug-likeness (QED) is 0.851. The van der Waals surface area contributed by atoms with Crippen LogP contribution < -0.4 is 0 Å². The summed E-state index contributed by atoms with van der Waals surface area (Å²) in [5, 5.41) is 8.89. The van der Waals surface area contributed by atoms with E-state index in [1.807, 2.05) is 4.90 Å². The topological polar surface area (TPSA) is 60.9 Å². The van der Waals surface area contributed by atoms with Crippen molar-refractivity contribution in [1.82, 2.24) is 9.80 Å². The maximum atomic E-state index is 12.8. The first-order chi connectivity index (χ1) is 10.1. The summed E-state index contributed by atoms with van der Waals surface area (Å²) in [6.45, 7) is 2.24. The highest BCUT2D eigenvalue weighted by molar-refractivity contribution is 5.75. The molecule has 5 nitrogen and oxygen atoms in total. The molecule has 0 aromatic carbocycles. The normalized spacial score (nSPS) is 32.9. The average molecular weight is 294 g/mol. The maximum Gasteiger partial charge on any atom is 0.320 e. The fraction of sp³-hybridized carbons (Fsp3) is 0.875. The lowest BCUT2D eigenvalue weighted by Gasteiger charge is -2.45. The number of carboxylic acids is 1. The molecule has 1 aliphatic carbocycles. The molecule has 1 saturated carbocycles. The standard InChI is InChI=1S/C16H26N2O3/c19-15(20)10-12-7-9-17(11-12)16(21)18-8-3-5-13-4-1-2-6-14(13)18/h12-14H,1-11H2,(H,19,20)/t12?,13-,14-/m1/s1. The third-order valence-electron chi connectivity index (χ3n) is 5.51. The lowest BCUT2D eigenvalue weighted by Crippen LogP contribution is -2.53. The Bertz CT molecular complexity index is 410. The van der Waals surface area contributed by atoms with Crippen molar-refractivity contribution in [2.45, 2.75) is 57.4 Å². The summed E-state index contributed by atoms with van der Waals surface area (Å²) in [7, 11) is 0. The minimum absolute atomic E-state index is 0.137. The Morgan fingerprint density at radius 2 is 1.76 bits per heavy atom. The van der Waals surface area contributed by atoms with Crippen LogP contribution in [0.2, 0.25) is 0 Å². The number of aliphatic carboxylic acids is 1. The Labute approximate surface area is 126 Å². The van der Waals surface area contributed by atoms with Gasteiger partial charge < -0.3 is 14.9 Å². The first-order valence-corrected chi connectivity index (χ1v) is 8.42. The molecule has 2 aliphatic heterocycles. The van der Waals surface area contributed by atoms with E-state index in [-0.39, 0.29) is 18.4 Å². The first-order valence-electron chi connectivity index (χ1n) is 8.42. The second-order valence-corrected chi connectivity index (χ2v) is 6.93. The van der Waals surface area contributed by atoms with Crippen molar-refractivity contribution in [3.05, 3.63) is 0 Å². The van der Waals surface area contributed by atoms with E-state index in [1.165, 1.54) is 25.7 Å². The molecule has 1 N–H and O–H groups in total. The van der Waals surface area contributed by atoms with Gasteiger partial charge in [0, 0.05) is 32.1 Å². The molecule has 0 bridgehead atoms. The highest BCUT2D eigenvalue weighted by atomic mass is 16.4. The summed E-state index contributed by atoms with van der Waals surface area (Å²) < 4.78 is 0. The van der Waals surface area contributed by atoms with Crippen molar-refractivity contribution >= 4 is 12.0 Å². The van der Waals surface area contributed by atoms with Crippen LogP contribution in [0, 0.1) is 11.8 Å². The van der Waals surface area contributed by atoms with Crippen LogP contribution >= 0.6 is 0 Å². The molecule has 3 fully saturated rings. The van der Waals surface area contributed by atoms with Gasteiger partial charge in [-0.25, -0.2) is 4.79 Å². The molecule has 3 atom stereocenters. The highest BCUT2D eigenvalue weighted by Gasteiger charge is 2.39. The van der Waals surface area contributed by atoms with Crippen LogP contribution in [0.3, 0.4) is 0 Å². The van der Waals surface area contributed by atoms with Crippen molar-refractivity contribution in [3.63, 3.8) is 0 Å². The molecular formula is C16H26N2O3. The van der Waals surface area contributed by atoms with Crippen LogP contribution in [-0.4, -0.2) is 52.6 Å². The van der Waals surface area contributed by atoms with Gasteiger partial charge in [-0.15, -0.1) is 0 Å². The van der Waals surface area contributed by atoms with Gasteiger partial charge in [0.05, 0.1) is 0 Å². The van der Waals surface area contributed by atoms with Crippen molar-refractivity contribution in [1.29, 1.82) is 0 Å². The van der Waals surface area contributed by atoms with Crippen molar-refractivity contribution in [2.75, 3.05) is 19.6 Å². The summed E-state index contributed by atoms with van der Waals surface area (Å²) in [6.07, 6.45) is 8.41. The number of amides is 2. The van der Waals surface area contributed by atoms with Crippen molar-refractivity contribution in [3.8, 4) is 0 Å². The minimum atomic E-state index is -0.750. The van der Waals surface area contributed by atoms with E-state index in [4.69, 9.17) is 5.11 Å². The molecule has 1 unspecified atom stereocenters. The Hall–Kier alpha value is -1.26. The number of hydrogen-bond donors (Lipinski definition) is 1. The molecule has 0 radical (unpaired) electrons. The van der Waals surface area contributed by atoms with Gasteiger partial charge in [0.25, 0.3) is 0 Å². The van der Waals surface area contributed by atoms with E-state index in [0.29, 0.717) is 18.5 Å². The van der Waals surface area contributed by atoms with Gasteiger partial charge in [0.2, 0.25) is 0 Å². The highest BCUT2D eigenvalue weighted by Crippen LogP contribution is 2.36. The molecular weight excluding hydrogens is 268 g/mol. The number of carbonyl (C=O) groups is 2. The predicted octanol–water partition coefficient (Wildman–Crippen LogP) is 2.56. The first kappa shape index (κ1) is 14.7. The van der Waals surface area contributed by atoms with Crippen LogP contribution in [-0.2, 0) is 4.79 Å². The molecule has 2 saturated heterocycles. The molecule has 3 rings (SSSR count). The largest absolute Gasteiger partial charge is 0.481 e. The van der Waals surface area contributed by atoms with E-state index < -0.39 is 5.97 Å². The molecule has 118 valence electrons. The summed E-state index contributed by atoms with van der Waals surface area (Å²) >= 11 is 0. The molecule has 21 heavy (non-hydrogen) atoms. The molecule has 0 spiro atoms. The van der Waals surface area contributed by atoms with Crippen LogP contribution in [0.5, 0.6) is 0 Å². The van der Waals surface area contributed by atoms with E-state index in [1.54, 1.807) is 0 Å². The van der Waals surface area contributed by atoms with Gasteiger partial charge in [-0.3, -0.25) is 4.79 Å². The Morgan fingerprint density at radius 3 is 2.57 bits per heavy atom. The number of nitrogens with zero attached hydrogens (tertiary/aromatic N) is 2. The van der Waals surface area contributed by atoms with E-state index in [9.17, 15) is 9.59 Å². The van der Waals surface area contributed by atoms with Crippen LogP contribution in [0.15, 0.2) is 0 Å². The predicted molar refractivity (Wildman–Crippen MR) is 79.0 cm³/mol. The number of likely N-dealkylation sites (tertiary alicyclic amines) is 2. The average Bonchev–Trinajstić information content (AvgIpc) is 2.93. The third kappa shape index (κ3) is 3.16. The molecule has 0 aromatic heterocycles. The lowest BCUT2D eigenvalue weighted by atomic mass is 9.78. The lowest BCUT2D eigenvalue weighted by molar-refractivity contribution is -0.138. The Morgan fingerprint density at radius 1 is 1.00 bits per heavy atom. The van der Waals surface area contributed by atoms with Crippen LogP contribution in [0.1, 0.15) is 51.4 Å². The van der Waals surface area contributed by atoms with E-state index >= 15 is 0 Å². The summed E-state index contributed by atoms with van der Waals surface area (Å²) in [5.74, 6) is 0.0897. The molecule has 2 heterocycles. The fourth-order valence-electron chi connectivity index (χ4n) is 4.46.